The molecule has 0 unspecified atom stereocenters. The Balaban J connectivity index is 1.73. The van der Waals surface area contributed by atoms with Crippen molar-refractivity contribution in [2.75, 3.05) is 5.32 Å². The van der Waals surface area contributed by atoms with Crippen LogP contribution in [0.25, 0.3) is 27.6 Å². The number of benzene rings is 2. The molecule has 0 saturated carbocycles. The Labute approximate surface area is 159 Å². The van der Waals surface area contributed by atoms with Crippen LogP contribution in [0.1, 0.15) is 5.56 Å². The Morgan fingerprint density at radius 1 is 1.04 bits per heavy atom. The standard InChI is InChI=1S/C20H15FN4OS/c1-13-2-4-14(5-3-13)17-10-19(22-12-26)25(24-17)20-23-18(11-27-20)15-6-8-16(21)9-7-15/h2-12H,1H3,(H,22,26). The lowest BCUT2D eigenvalue weighted by Gasteiger charge is -2.01. The Morgan fingerprint density at radius 3 is 2.41 bits per heavy atom. The van der Waals surface area contributed by atoms with E-state index in [1.54, 1.807) is 22.9 Å². The van der Waals surface area contributed by atoms with Gasteiger partial charge in [-0.2, -0.15) is 9.78 Å². The number of halogens is 1. The second kappa shape index (κ2) is 7.13. The molecular weight excluding hydrogens is 363 g/mol. The quantitative estimate of drug-likeness (QED) is 0.513. The molecule has 0 bridgehead atoms. The maximum absolute atomic E-state index is 13.1. The number of amides is 1. The number of hydrogen-bond acceptors (Lipinski definition) is 4. The fraction of sp³-hybridized carbons (Fsp3) is 0.0500. The van der Waals surface area contributed by atoms with E-state index in [1.165, 1.54) is 23.5 Å². The van der Waals surface area contributed by atoms with Gasteiger partial charge in [0.05, 0.1) is 11.4 Å². The Bertz CT molecular complexity index is 1080. The smallest absolute Gasteiger partial charge is 0.212 e. The van der Waals surface area contributed by atoms with E-state index in [1.807, 2.05) is 36.6 Å². The molecule has 0 aliphatic heterocycles. The molecule has 1 N–H and O–H groups in total. The van der Waals surface area contributed by atoms with Gasteiger partial charge < -0.3 is 5.32 Å². The van der Waals surface area contributed by atoms with E-state index >= 15 is 0 Å². The lowest BCUT2D eigenvalue weighted by molar-refractivity contribution is -0.105. The summed E-state index contributed by atoms with van der Waals surface area (Å²) >= 11 is 1.39. The van der Waals surface area contributed by atoms with E-state index in [9.17, 15) is 9.18 Å². The first kappa shape index (κ1) is 17.1. The number of carbonyl (C=O) groups excluding carboxylic acids is 1. The summed E-state index contributed by atoms with van der Waals surface area (Å²) in [6.07, 6.45) is 0.612. The third-order valence-electron chi connectivity index (χ3n) is 4.08. The van der Waals surface area contributed by atoms with Crippen LogP contribution in [0.5, 0.6) is 0 Å². The lowest BCUT2D eigenvalue weighted by Crippen LogP contribution is -2.04. The molecule has 4 rings (SSSR count). The molecule has 5 nitrogen and oxygen atoms in total. The number of nitrogens with zero attached hydrogens (tertiary/aromatic N) is 3. The van der Waals surface area contributed by atoms with Crippen molar-refractivity contribution in [3.8, 4) is 27.6 Å². The third kappa shape index (κ3) is 3.50. The predicted octanol–water partition coefficient (Wildman–Crippen LogP) is 4.68. The van der Waals surface area contributed by atoms with Crippen molar-refractivity contribution < 1.29 is 9.18 Å². The van der Waals surface area contributed by atoms with Crippen molar-refractivity contribution in [3.63, 3.8) is 0 Å². The molecule has 1 amide bonds. The zero-order chi connectivity index (χ0) is 18.8. The van der Waals surface area contributed by atoms with Crippen molar-refractivity contribution in [1.29, 1.82) is 0 Å². The van der Waals surface area contributed by atoms with E-state index in [0.29, 0.717) is 17.4 Å². The molecule has 0 atom stereocenters. The van der Waals surface area contributed by atoms with Crippen LogP contribution in [0, 0.1) is 12.7 Å². The molecule has 0 fully saturated rings. The summed E-state index contributed by atoms with van der Waals surface area (Å²) in [5.41, 5.74) is 4.38. The summed E-state index contributed by atoms with van der Waals surface area (Å²) in [6, 6.07) is 16.0. The highest BCUT2D eigenvalue weighted by atomic mass is 32.1. The summed E-state index contributed by atoms with van der Waals surface area (Å²) in [6.45, 7) is 2.02. The second-order valence-corrected chi connectivity index (χ2v) is 6.81. The number of aromatic nitrogens is 3. The molecule has 0 aliphatic carbocycles. The number of nitrogens with one attached hydrogen (secondary N) is 1. The number of carbonyl (C=O) groups is 1. The van der Waals surface area contributed by atoms with Crippen molar-refractivity contribution >= 4 is 23.6 Å². The molecule has 2 aromatic carbocycles. The summed E-state index contributed by atoms with van der Waals surface area (Å²) in [5, 5.41) is 9.76. The first-order valence-corrected chi connectivity index (χ1v) is 9.11. The van der Waals surface area contributed by atoms with Gasteiger partial charge in [0, 0.05) is 22.6 Å². The minimum Gasteiger partial charge on any atom is -0.313 e. The van der Waals surface area contributed by atoms with Gasteiger partial charge in [0.2, 0.25) is 11.5 Å². The molecule has 2 heterocycles. The molecular formula is C20H15FN4OS. The molecule has 134 valence electrons. The second-order valence-electron chi connectivity index (χ2n) is 5.98. The van der Waals surface area contributed by atoms with E-state index in [2.05, 4.69) is 15.4 Å². The van der Waals surface area contributed by atoms with Gasteiger partial charge in [-0.3, -0.25) is 4.79 Å². The number of anilines is 1. The van der Waals surface area contributed by atoms with Gasteiger partial charge in [-0.15, -0.1) is 11.3 Å². The largest absolute Gasteiger partial charge is 0.313 e. The van der Waals surface area contributed by atoms with Crippen molar-refractivity contribution in [1.82, 2.24) is 14.8 Å². The minimum absolute atomic E-state index is 0.290. The average molecular weight is 378 g/mol. The van der Waals surface area contributed by atoms with Crippen molar-refractivity contribution in [3.05, 3.63) is 71.4 Å². The van der Waals surface area contributed by atoms with Crippen LogP contribution in [-0.4, -0.2) is 21.2 Å². The maximum Gasteiger partial charge on any atom is 0.212 e. The molecule has 0 aliphatic rings. The zero-order valence-corrected chi connectivity index (χ0v) is 15.2. The van der Waals surface area contributed by atoms with E-state index < -0.39 is 0 Å². The van der Waals surface area contributed by atoms with Crippen LogP contribution in [-0.2, 0) is 4.79 Å². The van der Waals surface area contributed by atoms with Crippen LogP contribution in [0.2, 0.25) is 0 Å². The number of thiazole rings is 1. The first-order chi connectivity index (χ1) is 13.1. The molecule has 2 aromatic heterocycles. The third-order valence-corrected chi connectivity index (χ3v) is 4.89. The van der Waals surface area contributed by atoms with Gasteiger partial charge in [0.25, 0.3) is 0 Å². The minimum atomic E-state index is -0.290. The van der Waals surface area contributed by atoms with Crippen molar-refractivity contribution in [2.24, 2.45) is 0 Å². The van der Waals surface area contributed by atoms with Crippen LogP contribution in [0.15, 0.2) is 60.0 Å². The summed E-state index contributed by atoms with van der Waals surface area (Å²) in [4.78, 5) is 15.6. The average Bonchev–Trinajstić information content (AvgIpc) is 3.31. The highest BCUT2D eigenvalue weighted by molar-refractivity contribution is 7.12. The normalized spacial score (nSPS) is 10.7. The molecule has 0 spiro atoms. The van der Waals surface area contributed by atoms with Crippen LogP contribution in [0.3, 0.4) is 0 Å². The van der Waals surface area contributed by atoms with E-state index in [4.69, 9.17) is 0 Å². The summed E-state index contributed by atoms with van der Waals surface area (Å²) in [5.74, 6) is 0.238. The van der Waals surface area contributed by atoms with Gasteiger partial charge in [0.1, 0.15) is 11.6 Å². The van der Waals surface area contributed by atoms with Gasteiger partial charge in [-0.25, -0.2) is 9.37 Å². The first-order valence-electron chi connectivity index (χ1n) is 8.23. The molecule has 7 heteroatoms. The Kier molecular flexibility index (Phi) is 4.52. The van der Waals surface area contributed by atoms with Crippen molar-refractivity contribution in [2.45, 2.75) is 6.92 Å². The number of aryl methyl sites for hydroxylation is 1. The Morgan fingerprint density at radius 2 is 1.70 bits per heavy atom. The number of rotatable bonds is 5. The van der Waals surface area contributed by atoms with E-state index in [0.717, 1.165) is 28.1 Å². The Hall–Kier alpha value is -3.32. The predicted molar refractivity (Wildman–Crippen MR) is 104 cm³/mol. The molecule has 4 aromatic rings. The number of hydrogen-bond donors (Lipinski definition) is 1. The van der Waals surface area contributed by atoms with Gasteiger partial charge in [-0.05, 0) is 31.2 Å². The maximum atomic E-state index is 13.1. The SMILES string of the molecule is Cc1ccc(-c2cc(NC=O)n(-c3nc(-c4ccc(F)cc4)cs3)n2)cc1. The van der Waals surface area contributed by atoms with Crippen LogP contribution >= 0.6 is 11.3 Å². The van der Waals surface area contributed by atoms with Crippen LogP contribution in [0.4, 0.5) is 10.2 Å². The monoisotopic (exact) mass is 378 g/mol. The molecule has 0 saturated heterocycles. The summed E-state index contributed by atoms with van der Waals surface area (Å²) < 4.78 is 14.7. The van der Waals surface area contributed by atoms with E-state index in [-0.39, 0.29) is 5.82 Å². The zero-order valence-electron chi connectivity index (χ0n) is 14.4. The molecule has 27 heavy (non-hydrogen) atoms. The van der Waals surface area contributed by atoms with Gasteiger partial charge >= 0.3 is 0 Å². The lowest BCUT2D eigenvalue weighted by atomic mass is 10.1. The van der Waals surface area contributed by atoms with Crippen LogP contribution < -0.4 is 5.32 Å². The summed E-state index contributed by atoms with van der Waals surface area (Å²) in [7, 11) is 0. The topological polar surface area (TPSA) is 59.8 Å². The fourth-order valence-electron chi connectivity index (χ4n) is 2.67. The van der Waals surface area contributed by atoms with Gasteiger partial charge in [0.15, 0.2) is 0 Å². The highest BCUT2D eigenvalue weighted by Crippen LogP contribution is 2.29. The molecule has 0 radical (unpaired) electrons. The fourth-order valence-corrected chi connectivity index (χ4v) is 3.47. The highest BCUT2D eigenvalue weighted by Gasteiger charge is 2.14. The van der Waals surface area contributed by atoms with Gasteiger partial charge in [-0.1, -0.05) is 29.8 Å².